The average molecular weight is 711 g/mol. The monoisotopic (exact) mass is 710 g/mol. The molecule has 8 N–H and O–H groups in total. The van der Waals surface area contributed by atoms with E-state index in [1.54, 1.807) is 30.3 Å². The minimum atomic E-state index is -1.33. The van der Waals surface area contributed by atoms with Crippen LogP contribution < -0.4 is 32.3 Å². The van der Waals surface area contributed by atoms with Crippen molar-refractivity contribution in [2.75, 3.05) is 34.3 Å². The van der Waals surface area contributed by atoms with E-state index in [0.717, 1.165) is 18.5 Å². The molecule has 0 fully saturated rings. The van der Waals surface area contributed by atoms with E-state index < -0.39 is 72.3 Å². The molecule has 0 unspecified atom stereocenters. The largest absolute Gasteiger partial charge is 0.394 e. The van der Waals surface area contributed by atoms with Crippen LogP contribution in [0.3, 0.4) is 0 Å². The average Bonchev–Trinajstić information content (AvgIpc) is 3.07. The molecule has 5 atom stereocenters. The van der Waals surface area contributed by atoms with Gasteiger partial charge in [0.2, 0.25) is 29.5 Å². The topological polar surface area (TPSA) is 209 Å². The number of nitrogens with zero attached hydrogens (tertiary/aromatic N) is 1. The standard InChI is InChI=1S/C37H55N7O7/c1-24(2)21-29(37(51)40-28(19-13-14-20-44(4,5)6)35(49)43-31(23-45)32(38)46)41-33(47)25(3)39-36(50)30(22-26-15-9-7-10-16-26)42-34(48)27-17-11-8-12-18-27/h7-12,15-18,24-25,28-31,45H,13-14,19-23H2,1-6H3,(H6-,38,39,40,41,42,43,46,47,48,49,50,51)/p+1/t25-,28-,29-,30-,31-/m0/s1. The number of carbonyl (C=O) groups excluding carboxylic acids is 6. The molecule has 0 saturated heterocycles. The fourth-order valence-corrected chi connectivity index (χ4v) is 5.22. The number of aliphatic hydroxyl groups excluding tert-OH is 1. The predicted octanol–water partition coefficient (Wildman–Crippen LogP) is 0.387. The molecule has 2 aromatic rings. The second kappa shape index (κ2) is 20.8. The SMILES string of the molecule is CC(C)C[C@H](NC(=O)[C@H](C)NC(=O)[C@H](Cc1ccccc1)NC(=O)c1ccccc1)C(=O)N[C@@H](CCCC[N+](C)(C)C)C(=O)N[C@@H](CO)C(N)=O. The summed E-state index contributed by atoms with van der Waals surface area (Å²) >= 11 is 0. The Kier molecular flexibility index (Phi) is 17.2. The summed E-state index contributed by atoms with van der Waals surface area (Å²) in [7, 11) is 6.12. The maximum Gasteiger partial charge on any atom is 0.251 e. The van der Waals surface area contributed by atoms with Crippen LogP contribution in [0.25, 0.3) is 0 Å². The minimum Gasteiger partial charge on any atom is -0.394 e. The van der Waals surface area contributed by atoms with E-state index in [2.05, 4.69) is 26.6 Å². The Labute approximate surface area is 300 Å². The van der Waals surface area contributed by atoms with E-state index in [-0.39, 0.29) is 25.2 Å². The van der Waals surface area contributed by atoms with Gasteiger partial charge in [-0.1, -0.05) is 62.4 Å². The van der Waals surface area contributed by atoms with Crippen molar-refractivity contribution in [3.8, 4) is 0 Å². The van der Waals surface area contributed by atoms with E-state index >= 15 is 0 Å². The van der Waals surface area contributed by atoms with Crippen molar-refractivity contribution in [1.82, 2.24) is 26.6 Å². The summed E-state index contributed by atoms with van der Waals surface area (Å²) in [5.41, 5.74) is 6.47. The third-order valence-electron chi connectivity index (χ3n) is 8.08. The number of unbranched alkanes of at least 4 members (excludes halogenated alkanes) is 1. The molecule has 14 heteroatoms. The van der Waals surface area contributed by atoms with E-state index in [9.17, 15) is 33.9 Å². The van der Waals surface area contributed by atoms with Crippen LogP contribution in [-0.4, -0.2) is 110 Å². The second-order valence-corrected chi connectivity index (χ2v) is 14.2. The third kappa shape index (κ3) is 15.7. The van der Waals surface area contributed by atoms with Crippen LogP contribution in [0.4, 0.5) is 0 Å². The molecule has 0 spiro atoms. The number of rotatable bonds is 21. The summed E-state index contributed by atoms with van der Waals surface area (Å²) in [6, 6.07) is 12.0. The number of hydrogen-bond donors (Lipinski definition) is 7. The van der Waals surface area contributed by atoms with Crippen LogP contribution >= 0.6 is 0 Å². The molecule has 0 radical (unpaired) electrons. The van der Waals surface area contributed by atoms with Crippen molar-refractivity contribution in [1.29, 1.82) is 0 Å². The lowest BCUT2D eigenvalue weighted by Gasteiger charge is -2.27. The maximum atomic E-state index is 13.6. The zero-order valence-corrected chi connectivity index (χ0v) is 30.6. The smallest absolute Gasteiger partial charge is 0.251 e. The van der Waals surface area contributed by atoms with Crippen LogP contribution in [0.1, 0.15) is 62.4 Å². The molecule has 0 bridgehead atoms. The Hall–Kier alpha value is -4.82. The number of aliphatic hydroxyl groups is 1. The van der Waals surface area contributed by atoms with Gasteiger partial charge in [0, 0.05) is 12.0 Å². The molecular weight excluding hydrogens is 654 g/mol. The number of primary amides is 1. The fourth-order valence-electron chi connectivity index (χ4n) is 5.22. The van der Waals surface area contributed by atoms with Crippen molar-refractivity contribution < 1.29 is 38.4 Å². The Morgan fingerprint density at radius 2 is 1.20 bits per heavy atom. The maximum absolute atomic E-state index is 13.6. The summed E-state index contributed by atoms with van der Waals surface area (Å²) in [5, 5.41) is 22.8. The van der Waals surface area contributed by atoms with E-state index in [1.807, 2.05) is 65.3 Å². The van der Waals surface area contributed by atoms with Gasteiger partial charge in [-0.25, -0.2) is 0 Å². The molecule has 2 aromatic carbocycles. The first-order valence-electron chi connectivity index (χ1n) is 17.3. The van der Waals surface area contributed by atoms with Crippen molar-refractivity contribution >= 4 is 35.4 Å². The minimum absolute atomic E-state index is 0.0418. The summed E-state index contributed by atoms with van der Waals surface area (Å²) < 4.78 is 0.709. The summed E-state index contributed by atoms with van der Waals surface area (Å²) in [6.07, 6.45) is 1.95. The number of amides is 6. The first-order chi connectivity index (χ1) is 24.0. The van der Waals surface area contributed by atoms with Gasteiger partial charge in [-0.15, -0.1) is 0 Å². The lowest BCUT2D eigenvalue weighted by Crippen LogP contribution is -2.59. The van der Waals surface area contributed by atoms with Gasteiger partial charge in [-0.3, -0.25) is 28.8 Å². The molecule has 0 heterocycles. The van der Waals surface area contributed by atoms with Gasteiger partial charge in [0.05, 0.1) is 34.3 Å². The summed E-state index contributed by atoms with van der Waals surface area (Å²) in [5.74, 6) is -3.96. The Balaban J connectivity index is 2.19. The number of quaternary nitrogens is 1. The zero-order chi connectivity index (χ0) is 38.1. The molecule has 0 aromatic heterocycles. The number of hydrogen-bond acceptors (Lipinski definition) is 7. The van der Waals surface area contributed by atoms with Crippen LogP contribution in [-0.2, 0) is 30.4 Å². The molecule has 14 nitrogen and oxygen atoms in total. The summed E-state index contributed by atoms with van der Waals surface area (Å²) in [4.78, 5) is 78.4. The highest BCUT2D eigenvalue weighted by Crippen LogP contribution is 2.10. The molecule has 2 rings (SSSR count). The Bertz CT molecular complexity index is 1450. The van der Waals surface area contributed by atoms with Crippen molar-refractivity contribution in [3.05, 3.63) is 71.8 Å². The van der Waals surface area contributed by atoms with Gasteiger partial charge in [0.25, 0.3) is 5.91 Å². The van der Waals surface area contributed by atoms with Crippen LogP contribution in [0.15, 0.2) is 60.7 Å². The van der Waals surface area contributed by atoms with Gasteiger partial charge in [-0.2, -0.15) is 0 Å². The molecule has 6 amide bonds. The highest BCUT2D eigenvalue weighted by molar-refractivity contribution is 5.99. The molecule has 280 valence electrons. The van der Waals surface area contributed by atoms with Crippen LogP contribution in [0.5, 0.6) is 0 Å². The Morgan fingerprint density at radius 3 is 1.75 bits per heavy atom. The molecule has 0 aliphatic heterocycles. The zero-order valence-electron chi connectivity index (χ0n) is 30.6. The highest BCUT2D eigenvalue weighted by Gasteiger charge is 2.31. The number of carbonyl (C=O) groups is 6. The van der Waals surface area contributed by atoms with E-state index in [0.29, 0.717) is 16.5 Å². The molecule has 0 saturated carbocycles. The van der Waals surface area contributed by atoms with Crippen LogP contribution in [0.2, 0.25) is 0 Å². The number of nitrogens with one attached hydrogen (secondary N) is 5. The van der Waals surface area contributed by atoms with Crippen molar-refractivity contribution in [2.45, 2.75) is 83.1 Å². The van der Waals surface area contributed by atoms with E-state index in [4.69, 9.17) is 5.73 Å². The quantitative estimate of drug-likeness (QED) is 0.0716. The van der Waals surface area contributed by atoms with Gasteiger partial charge < -0.3 is 41.9 Å². The molecule has 51 heavy (non-hydrogen) atoms. The highest BCUT2D eigenvalue weighted by atomic mass is 16.3. The van der Waals surface area contributed by atoms with Gasteiger partial charge >= 0.3 is 0 Å². The lowest BCUT2D eigenvalue weighted by atomic mass is 10.0. The van der Waals surface area contributed by atoms with Crippen molar-refractivity contribution in [2.24, 2.45) is 11.7 Å². The number of nitrogens with two attached hydrogens (primary N) is 1. The molecule has 0 aliphatic rings. The first kappa shape index (κ1) is 42.3. The van der Waals surface area contributed by atoms with Crippen LogP contribution in [0, 0.1) is 5.92 Å². The van der Waals surface area contributed by atoms with Gasteiger partial charge in [-0.05, 0) is 56.2 Å². The van der Waals surface area contributed by atoms with Gasteiger partial charge in [0.1, 0.15) is 30.2 Å². The number of benzene rings is 2. The second-order valence-electron chi connectivity index (χ2n) is 14.2. The predicted molar refractivity (Wildman–Crippen MR) is 194 cm³/mol. The normalized spacial score (nSPS) is 14.3. The fraction of sp³-hybridized carbons (Fsp3) is 0.514. The van der Waals surface area contributed by atoms with E-state index in [1.165, 1.54) is 6.92 Å². The molecule has 0 aliphatic carbocycles. The Morgan fingerprint density at radius 1 is 0.667 bits per heavy atom. The summed E-state index contributed by atoms with van der Waals surface area (Å²) in [6.45, 7) is 5.32. The van der Waals surface area contributed by atoms with Gasteiger partial charge in [0.15, 0.2) is 0 Å². The molecular formula is C37H56N7O7+. The first-order valence-corrected chi connectivity index (χ1v) is 17.3. The van der Waals surface area contributed by atoms with Crippen molar-refractivity contribution in [3.63, 3.8) is 0 Å². The lowest BCUT2D eigenvalue weighted by molar-refractivity contribution is -0.870. The third-order valence-corrected chi connectivity index (χ3v) is 8.08.